The second-order valence-corrected chi connectivity index (χ2v) is 4.13. The van der Waals surface area contributed by atoms with Crippen LogP contribution in [0, 0.1) is 5.92 Å². The molecule has 1 N–H and O–H groups in total. The lowest BCUT2D eigenvalue weighted by Crippen LogP contribution is -2.14. The van der Waals surface area contributed by atoms with Crippen LogP contribution in [0.3, 0.4) is 0 Å². The monoisotopic (exact) mass is 220 g/mol. The minimum Gasteiger partial charge on any atom is -0.507 e. The van der Waals surface area contributed by atoms with Crippen molar-refractivity contribution in [3.63, 3.8) is 0 Å². The van der Waals surface area contributed by atoms with Crippen LogP contribution >= 0.6 is 0 Å². The maximum absolute atomic E-state index is 12.1. The minimum absolute atomic E-state index is 0.0493. The molecule has 0 unspecified atom stereocenters. The van der Waals surface area contributed by atoms with E-state index in [1.165, 1.54) is 0 Å². The second kappa shape index (κ2) is 6.31. The smallest absolute Gasteiger partial charge is 0.169 e. The van der Waals surface area contributed by atoms with Gasteiger partial charge in [0.25, 0.3) is 0 Å². The highest BCUT2D eigenvalue weighted by Gasteiger charge is 2.19. The third-order valence-corrected chi connectivity index (χ3v) is 2.94. The summed E-state index contributed by atoms with van der Waals surface area (Å²) in [5, 5.41) is 9.63. The molecular formula is C14H20O2. The van der Waals surface area contributed by atoms with Gasteiger partial charge in [0.05, 0.1) is 5.56 Å². The van der Waals surface area contributed by atoms with Gasteiger partial charge in [0, 0.05) is 5.92 Å². The fourth-order valence-electron chi connectivity index (χ4n) is 1.87. The zero-order chi connectivity index (χ0) is 12.0. The third-order valence-electron chi connectivity index (χ3n) is 2.94. The van der Waals surface area contributed by atoms with E-state index in [-0.39, 0.29) is 17.5 Å². The number of phenols is 1. The van der Waals surface area contributed by atoms with E-state index in [2.05, 4.69) is 6.92 Å². The molecule has 0 radical (unpaired) electrons. The lowest BCUT2D eigenvalue weighted by Gasteiger charge is -2.13. The molecule has 0 bridgehead atoms. The molecule has 88 valence electrons. The maximum atomic E-state index is 12.1. The summed E-state index contributed by atoms with van der Waals surface area (Å²) in [5.41, 5.74) is 0.463. The lowest BCUT2D eigenvalue weighted by molar-refractivity contribution is 0.0905. The Kier molecular flexibility index (Phi) is 5.03. The van der Waals surface area contributed by atoms with Gasteiger partial charge in [-0.1, -0.05) is 38.8 Å². The summed E-state index contributed by atoms with van der Waals surface area (Å²) < 4.78 is 0. The van der Waals surface area contributed by atoms with Gasteiger partial charge < -0.3 is 5.11 Å². The molecular weight excluding hydrogens is 200 g/mol. The van der Waals surface area contributed by atoms with Crippen molar-refractivity contribution in [2.24, 2.45) is 5.92 Å². The maximum Gasteiger partial charge on any atom is 0.169 e. The van der Waals surface area contributed by atoms with Gasteiger partial charge in [-0.2, -0.15) is 0 Å². The van der Waals surface area contributed by atoms with Crippen molar-refractivity contribution in [2.45, 2.75) is 39.5 Å². The minimum atomic E-state index is 0.0493. The lowest BCUT2D eigenvalue weighted by atomic mass is 9.90. The normalized spacial score (nSPS) is 12.4. The zero-order valence-electron chi connectivity index (χ0n) is 10.1. The summed E-state index contributed by atoms with van der Waals surface area (Å²) in [6, 6.07) is 6.80. The number of aromatic hydroxyl groups is 1. The predicted molar refractivity (Wildman–Crippen MR) is 65.7 cm³/mol. The van der Waals surface area contributed by atoms with Crippen molar-refractivity contribution in [2.75, 3.05) is 0 Å². The quantitative estimate of drug-likeness (QED) is 0.740. The molecule has 0 saturated carbocycles. The van der Waals surface area contributed by atoms with Crippen LogP contribution in [0.2, 0.25) is 0 Å². The van der Waals surface area contributed by atoms with E-state index in [0.717, 1.165) is 25.7 Å². The molecule has 1 atom stereocenters. The van der Waals surface area contributed by atoms with Crippen molar-refractivity contribution in [1.29, 1.82) is 0 Å². The molecule has 0 spiro atoms. The van der Waals surface area contributed by atoms with Crippen molar-refractivity contribution in [3.8, 4) is 5.75 Å². The molecule has 0 aliphatic heterocycles. The van der Waals surface area contributed by atoms with E-state index < -0.39 is 0 Å². The van der Waals surface area contributed by atoms with Crippen LogP contribution in [0.15, 0.2) is 24.3 Å². The fourth-order valence-corrected chi connectivity index (χ4v) is 1.87. The molecule has 0 aliphatic rings. The molecule has 0 saturated heterocycles. The Morgan fingerprint density at radius 2 is 2.00 bits per heavy atom. The zero-order valence-corrected chi connectivity index (χ0v) is 10.1. The number of ketones is 1. The van der Waals surface area contributed by atoms with Crippen LogP contribution in [0.25, 0.3) is 0 Å². The van der Waals surface area contributed by atoms with Gasteiger partial charge in [-0.15, -0.1) is 0 Å². The van der Waals surface area contributed by atoms with Gasteiger partial charge in [-0.25, -0.2) is 0 Å². The molecule has 16 heavy (non-hydrogen) atoms. The summed E-state index contributed by atoms with van der Waals surface area (Å²) in [6.07, 6.45) is 3.93. The van der Waals surface area contributed by atoms with E-state index in [1.54, 1.807) is 24.3 Å². The highest BCUT2D eigenvalue weighted by molar-refractivity contribution is 6.00. The summed E-state index contributed by atoms with van der Waals surface area (Å²) >= 11 is 0. The Morgan fingerprint density at radius 3 is 2.56 bits per heavy atom. The van der Waals surface area contributed by atoms with Gasteiger partial charge in [0.1, 0.15) is 5.75 Å². The van der Waals surface area contributed by atoms with E-state index >= 15 is 0 Å². The Balaban J connectivity index is 2.79. The molecule has 2 nitrogen and oxygen atoms in total. The number of carbonyl (C=O) groups is 1. The molecule has 0 aliphatic carbocycles. The van der Waals surface area contributed by atoms with Gasteiger partial charge in [-0.3, -0.25) is 4.79 Å². The highest BCUT2D eigenvalue weighted by atomic mass is 16.3. The van der Waals surface area contributed by atoms with Gasteiger partial charge in [-0.05, 0) is 25.0 Å². The molecule has 1 rings (SSSR count). The average molecular weight is 220 g/mol. The highest BCUT2D eigenvalue weighted by Crippen LogP contribution is 2.24. The number of hydrogen-bond donors (Lipinski definition) is 1. The van der Waals surface area contributed by atoms with Gasteiger partial charge >= 0.3 is 0 Å². The Bertz CT molecular complexity index is 344. The fraction of sp³-hybridized carbons (Fsp3) is 0.500. The van der Waals surface area contributed by atoms with Crippen LogP contribution in [0.1, 0.15) is 49.9 Å². The number of unbranched alkanes of at least 4 members (excludes halogenated alkanes) is 1. The molecule has 2 heteroatoms. The van der Waals surface area contributed by atoms with Crippen LogP contribution < -0.4 is 0 Å². The van der Waals surface area contributed by atoms with Crippen LogP contribution in [0.5, 0.6) is 5.75 Å². The molecule has 1 aromatic carbocycles. The summed E-state index contributed by atoms with van der Waals surface area (Å²) in [5.74, 6) is 0.227. The Hall–Kier alpha value is -1.31. The van der Waals surface area contributed by atoms with Crippen LogP contribution in [-0.2, 0) is 0 Å². The summed E-state index contributed by atoms with van der Waals surface area (Å²) in [4.78, 5) is 12.1. The number of carbonyl (C=O) groups excluding carboxylic acids is 1. The number of hydrogen-bond acceptors (Lipinski definition) is 2. The van der Waals surface area contributed by atoms with Crippen molar-refractivity contribution >= 4 is 5.78 Å². The van der Waals surface area contributed by atoms with E-state index in [1.807, 2.05) is 6.92 Å². The molecule has 0 fully saturated rings. The van der Waals surface area contributed by atoms with Crippen LogP contribution in [-0.4, -0.2) is 10.9 Å². The SMILES string of the molecule is CCCC[C@H](CC)C(=O)c1ccccc1O. The van der Waals surface area contributed by atoms with Crippen molar-refractivity contribution < 1.29 is 9.90 Å². The van der Waals surface area contributed by atoms with Crippen molar-refractivity contribution in [3.05, 3.63) is 29.8 Å². The topological polar surface area (TPSA) is 37.3 Å². The third kappa shape index (κ3) is 3.09. The first-order valence-corrected chi connectivity index (χ1v) is 6.02. The number of benzene rings is 1. The van der Waals surface area contributed by atoms with Gasteiger partial charge in [0.15, 0.2) is 5.78 Å². The Labute approximate surface area is 97.3 Å². The number of Topliss-reactive ketones (excluding diaryl/α,β-unsaturated/α-hetero) is 1. The second-order valence-electron chi connectivity index (χ2n) is 4.13. The largest absolute Gasteiger partial charge is 0.507 e. The first kappa shape index (κ1) is 12.8. The molecule has 0 heterocycles. The summed E-state index contributed by atoms with van der Waals surface area (Å²) in [6.45, 7) is 4.15. The van der Waals surface area contributed by atoms with Crippen molar-refractivity contribution in [1.82, 2.24) is 0 Å². The van der Waals surface area contributed by atoms with E-state index in [9.17, 15) is 9.90 Å². The van der Waals surface area contributed by atoms with Gasteiger partial charge in [0.2, 0.25) is 0 Å². The summed E-state index contributed by atoms with van der Waals surface area (Å²) in [7, 11) is 0. The van der Waals surface area contributed by atoms with E-state index in [4.69, 9.17) is 0 Å². The number of phenolic OH excluding ortho intramolecular Hbond substituents is 1. The number of rotatable bonds is 6. The number of para-hydroxylation sites is 1. The van der Waals surface area contributed by atoms with Crippen LogP contribution in [0.4, 0.5) is 0 Å². The molecule has 0 amide bonds. The first-order chi connectivity index (χ1) is 7.70. The molecule has 1 aromatic rings. The van der Waals surface area contributed by atoms with E-state index in [0.29, 0.717) is 5.56 Å². The average Bonchev–Trinajstić information content (AvgIpc) is 2.30. The Morgan fingerprint density at radius 1 is 1.31 bits per heavy atom. The standard InChI is InChI=1S/C14H20O2/c1-3-5-8-11(4-2)14(16)12-9-6-7-10-13(12)15/h6-7,9-11,15H,3-5,8H2,1-2H3/t11-/m0/s1. The predicted octanol–water partition coefficient (Wildman–Crippen LogP) is 3.79. The first-order valence-electron chi connectivity index (χ1n) is 6.02. The molecule has 0 aromatic heterocycles.